The van der Waals surface area contributed by atoms with E-state index in [1.165, 1.54) is 0 Å². The molecule has 1 aliphatic rings. The van der Waals surface area contributed by atoms with E-state index in [-0.39, 0.29) is 6.61 Å². The standard InChI is InChI=1S/C24H27ClN2O3/c1-29-22-11-18-9-19(14-27-8-4-5-16(13-27)15-28)24(17-6-3-7-20(25)10-17)26-21(18)12-23(22)30-2/h3,6-7,9-12,16,28H,4-5,8,13-15H2,1-2H3/t16-/m0/s1. The van der Waals surface area contributed by atoms with Crippen LogP contribution in [0.2, 0.25) is 5.02 Å². The number of methoxy groups -OCH3 is 2. The van der Waals surface area contributed by atoms with Crippen LogP contribution in [0, 0.1) is 5.92 Å². The van der Waals surface area contributed by atoms with E-state index in [0.717, 1.165) is 60.2 Å². The second-order valence-electron chi connectivity index (χ2n) is 7.83. The average molecular weight is 427 g/mol. The summed E-state index contributed by atoms with van der Waals surface area (Å²) in [4.78, 5) is 7.41. The van der Waals surface area contributed by atoms with E-state index in [0.29, 0.717) is 22.4 Å². The number of rotatable bonds is 6. The minimum Gasteiger partial charge on any atom is -0.493 e. The van der Waals surface area contributed by atoms with Crippen molar-refractivity contribution in [3.63, 3.8) is 0 Å². The van der Waals surface area contributed by atoms with E-state index in [1.807, 2.05) is 36.4 Å². The Bertz CT molecular complexity index is 1040. The van der Waals surface area contributed by atoms with Crippen LogP contribution in [-0.2, 0) is 6.54 Å². The first-order valence-electron chi connectivity index (χ1n) is 10.3. The summed E-state index contributed by atoms with van der Waals surface area (Å²) in [5.41, 5.74) is 3.89. The van der Waals surface area contributed by atoms with Crippen LogP contribution in [-0.4, -0.2) is 48.9 Å². The van der Waals surface area contributed by atoms with Crippen molar-refractivity contribution in [2.45, 2.75) is 19.4 Å². The van der Waals surface area contributed by atoms with E-state index < -0.39 is 0 Å². The van der Waals surface area contributed by atoms with Crippen LogP contribution in [0.1, 0.15) is 18.4 Å². The lowest BCUT2D eigenvalue weighted by molar-refractivity contribution is 0.116. The molecule has 2 heterocycles. The number of benzene rings is 2. The number of fused-ring (bicyclic) bond motifs is 1. The Morgan fingerprint density at radius 2 is 1.93 bits per heavy atom. The van der Waals surface area contributed by atoms with Gasteiger partial charge < -0.3 is 14.6 Å². The van der Waals surface area contributed by atoms with E-state index in [1.54, 1.807) is 14.2 Å². The molecule has 6 heteroatoms. The molecule has 1 saturated heterocycles. The van der Waals surface area contributed by atoms with Crippen molar-refractivity contribution < 1.29 is 14.6 Å². The first kappa shape index (κ1) is 20.9. The van der Waals surface area contributed by atoms with Gasteiger partial charge in [-0.1, -0.05) is 23.7 Å². The van der Waals surface area contributed by atoms with Crippen LogP contribution >= 0.6 is 11.6 Å². The van der Waals surface area contributed by atoms with Crippen LogP contribution in [0.5, 0.6) is 11.5 Å². The highest BCUT2D eigenvalue weighted by Gasteiger charge is 2.21. The first-order valence-corrected chi connectivity index (χ1v) is 10.6. The number of pyridine rings is 1. The number of aliphatic hydroxyl groups excluding tert-OH is 1. The van der Waals surface area contributed by atoms with Crippen LogP contribution in [0.3, 0.4) is 0 Å². The molecule has 1 aliphatic heterocycles. The lowest BCUT2D eigenvalue weighted by Gasteiger charge is -2.32. The lowest BCUT2D eigenvalue weighted by atomic mass is 9.97. The Kier molecular flexibility index (Phi) is 6.42. The monoisotopic (exact) mass is 426 g/mol. The summed E-state index contributed by atoms with van der Waals surface area (Å²) in [6.45, 7) is 2.94. The number of halogens is 1. The number of likely N-dealkylation sites (tertiary alicyclic amines) is 1. The molecule has 0 unspecified atom stereocenters. The molecule has 1 fully saturated rings. The molecule has 0 spiro atoms. The predicted molar refractivity (Wildman–Crippen MR) is 120 cm³/mol. The molecule has 30 heavy (non-hydrogen) atoms. The molecule has 0 amide bonds. The highest BCUT2D eigenvalue weighted by molar-refractivity contribution is 6.30. The summed E-state index contributed by atoms with van der Waals surface area (Å²) in [5.74, 6) is 1.68. The summed E-state index contributed by atoms with van der Waals surface area (Å²) < 4.78 is 11.0. The van der Waals surface area contributed by atoms with E-state index in [4.69, 9.17) is 26.1 Å². The van der Waals surface area contributed by atoms with Crippen LogP contribution in [0.25, 0.3) is 22.2 Å². The smallest absolute Gasteiger partial charge is 0.162 e. The number of ether oxygens (including phenoxy) is 2. The Labute approximate surface area is 182 Å². The van der Waals surface area contributed by atoms with Gasteiger partial charge in [0.15, 0.2) is 11.5 Å². The molecule has 1 aromatic heterocycles. The molecule has 3 aromatic rings. The summed E-state index contributed by atoms with van der Waals surface area (Å²) in [6, 6.07) is 13.9. The molecule has 0 aliphatic carbocycles. The van der Waals surface area contributed by atoms with Crippen molar-refractivity contribution in [3.8, 4) is 22.8 Å². The van der Waals surface area contributed by atoms with Crippen molar-refractivity contribution in [1.29, 1.82) is 0 Å². The molecule has 0 saturated carbocycles. The van der Waals surface area contributed by atoms with E-state index >= 15 is 0 Å². The van der Waals surface area contributed by atoms with Gasteiger partial charge in [-0.25, -0.2) is 4.98 Å². The Morgan fingerprint density at radius 3 is 2.67 bits per heavy atom. The first-order chi connectivity index (χ1) is 14.6. The summed E-state index contributed by atoms with van der Waals surface area (Å²) in [6.07, 6.45) is 2.19. The summed E-state index contributed by atoms with van der Waals surface area (Å²) >= 11 is 6.28. The number of nitrogens with zero attached hydrogens (tertiary/aromatic N) is 2. The van der Waals surface area contributed by atoms with Crippen molar-refractivity contribution in [1.82, 2.24) is 9.88 Å². The topological polar surface area (TPSA) is 54.8 Å². The molecule has 0 bridgehead atoms. The molecule has 158 valence electrons. The van der Waals surface area contributed by atoms with Gasteiger partial charge in [0.25, 0.3) is 0 Å². The normalized spacial score (nSPS) is 17.3. The number of piperidine rings is 1. The zero-order chi connectivity index (χ0) is 21.1. The van der Waals surface area contributed by atoms with Gasteiger partial charge in [-0.3, -0.25) is 4.90 Å². The fourth-order valence-electron chi connectivity index (χ4n) is 4.24. The molecule has 2 aromatic carbocycles. The molecule has 0 radical (unpaired) electrons. The van der Waals surface area contributed by atoms with Gasteiger partial charge in [0.1, 0.15) is 0 Å². The molecule has 5 nitrogen and oxygen atoms in total. The van der Waals surface area contributed by atoms with Crippen molar-refractivity contribution in [2.24, 2.45) is 5.92 Å². The minimum atomic E-state index is 0.241. The summed E-state index contributed by atoms with van der Waals surface area (Å²) in [7, 11) is 3.27. The van der Waals surface area contributed by atoms with Crippen molar-refractivity contribution >= 4 is 22.5 Å². The number of aromatic nitrogens is 1. The van der Waals surface area contributed by atoms with E-state index in [2.05, 4.69) is 11.0 Å². The third-order valence-electron chi connectivity index (χ3n) is 5.75. The number of aliphatic hydroxyl groups is 1. The zero-order valence-corrected chi connectivity index (χ0v) is 18.2. The number of hydrogen-bond acceptors (Lipinski definition) is 5. The second-order valence-corrected chi connectivity index (χ2v) is 8.27. The van der Waals surface area contributed by atoms with Gasteiger partial charge in [-0.05, 0) is 55.1 Å². The van der Waals surface area contributed by atoms with Crippen LogP contribution < -0.4 is 9.47 Å². The average Bonchev–Trinajstić information content (AvgIpc) is 2.77. The minimum absolute atomic E-state index is 0.241. The van der Waals surface area contributed by atoms with Gasteiger partial charge in [-0.2, -0.15) is 0 Å². The lowest BCUT2D eigenvalue weighted by Crippen LogP contribution is -2.36. The van der Waals surface area contributed by atoms with Gasteiger partial charge in [0, 0.05) is 41.7 Å². The highest BCUT2D eigenvalue weighted by Crippen LogP contribution is 2.35. The maximum Gasteiger partial charge on any atom is 0.162 e. The Hall–Kier alpha value is -2.34. The molecule has 1 N–H and O–H groups in total. The quantitative estimate of drug-likeness (QED) is 0.614. The zero-order valence-electron chi connectivity index (χ0n) is 17.4. The molecular formula is C24H27ClN2O3. The SMILES string of the molecule is COc1cc2cc(CN3CCC[C@H](CO)C3)c(-c3cccc(Cl)c3)nc2cc1OC. The third kappa shape index (κ3) is 4.38. The van der Waals surface area contributed by atoms with Crippen LogP contribution in [0.15, 0.2) is 42.5 Å². The predicted octanol–water partition coefficient (Wildman–Crippen LogP) is 4.78. The van der Waals surface area contributed by atoms with Crippen molar-refractivity contribution in [3.05, 3.63) is 53.1 Å². The summed E-state index contributed by atoms with van der Waals surface area (Å²) in [5, 5.41) is 11.3. The fraction of sp³-hybridized carbons (Fsp3) is 0.375. The van der Waals surface area contributed by atoms with E-state index in [9.17, 15) is 5.11 Å². The maximum absolute atomic E-state index is 9.61. The highest BCUT2D eigenvalue weighted by atomic mass is 35.5. The van der Waals surface area contributed by atoms with Gasteiger partial charge in [0.05, 0.1) is 25.4 Å². The Balaban J connectivity index is 1.81. The van der Waals surface area contributed by atoms with Crippen molar-refractivity contribution in [2.75, 3.05) is 33.9 Å². The number of hydrogen-bond donors (Lipinski definition) is 1. The fourth-order valence-corrected chi connectivity index (χ4v) is 4.43. The van der Waals surface area contributed by atoms with Gasteiger partial charge >= 0.3 is 0 Å². The largest absolute Gasteiger partial charge is 0.493 e. The Morgan fingerprint density at radius 1 is 1.13 bits per heavy atom. The van der Waals surface area contributed by atoms with Gasteiger partial charge in [-0.15, -0.1) is 0 Å². The maximum atomic E-state index is 9.61. The molecular weight excluding hydrogens is 400 g/mol. The molecule has 1 atom stereocenters. The van der Waals surface area contributed by atoms with Crippen LogP contribution in [0.4, 0.5) is 0 Å². The second kappa shape index (κ2) is 9.21. The third-order valence-corrected chi connectivity index (χ3v) is 5.99. The van der Waals surface area contributed by atoms with Gasteiger partial charge in [0.2, 0.25) is 0 Å². The molecule has 4 rings (SSSR count).